The molecule has 0 aliphatic carbocycles. The normalized spacial score (nSPS) is 18.0. The van der Waals surface area contributed by atoms with Gasteiger partial charge in [-0.3, -0.25) is 0 Å². The highest BCUT2D eigenvalue weighted by Gasteiger charge is 2.31. The van der Waals surface area contributed by atoms with Crippen LogP contribution in [-0.4, -0.2) is 17.7 Å². The molecule has 1 heterocycles. The molecule has 0 amide bonds. The summed E-state index contributed by atoms with van der Waals surface area (Å²) < 4.78 is 6.32. The number of carbonyl (C=O) groups excluding carboxylic acids is 1. The maximum Gasteiger partial charge on any atom is 0.338 e. The van der Waals surface area contributed by atoms with Crippen molar-refractivity contribution in [3.63, 3.8) is 0 Å². The van der Waals surface area contributed by atoms with Crippen LogP contribution in [0.4, 0.5) is 0 Å². The van der Waals surface area contributed by atoms with E-state index >= 15 is 0 Å². The molecule has 4 nitrogen and oxygen atoms in total. The van der Waals surface area contributed by atoms with E-state index < -0.39 is 0 Å². The third-order valence-corrected chi connectivity index (χ3v) is 4.20. The van der Waals surface area contributed by atoms with E-state index in [0.717, 1.165) is 15.7 Å². The second-order valence-corrected chi connectivity index (χ2v) is 6.85. The molecule has 0 saturated carbocycles. The summed E-state index contributed by atoms with van der Waals surface area (Å²) in [6, 6.07) is 7.43. The van der Waals surface area contributed by atoms with Crippen molar-refractivity contribution in [1.82, 2.24) is 10.6 Å². The molecule has 118 valence electrons. The minimum absolute atomic E-state index is 0.289. The molecule has 1 aliphatic rings. The van der Waals surface area contributed by atoms with Crippen LogP contribution in [0.15, 0.2) is 40.0 Å². The van der Waals surface area contributed by atoms with Gasteiger partial charge in [0.1, 0.15) is 0 Å². The fourth-order valence-corrected chi connectivity index (χ4v) is 3.01. The standard InChI is InChI=1S/C16H19BrN2O2S/c1-9(2)8-21-15(20)13-10(3)18-16(22)19-14(13)11-6-4-5-7-12(11)17/h4-7,9,14H,8H2,1-3H3,(H2,18,19,22). The van der Waals surface area contributed by atoms with Crippen molar-refractivity contribution < 1.29 is 9.53 Å². The molecule has 1 aromatic carbocycles. The summed E-state index contributed by atoms with van der Waals surface area (Å²) in [6.45, 7) is 6.24. The van der Waals surface area contributed by atoms with E-state index in [0.29, 0.717) is 17.3 Å². The van der Waals surface area contributed by atoms with Gasteiger partial charge in [-0.15, -0.1) is 0 Å². The van der Waals surface area contributed by atoms with Crippen LogP contribution in [0, 0.1) is 5.92 Å². The summed E-state index contributed by atoms with van der Waals surface area (Å²) in [6.07, 6.45) is 0. The maximum atomic E-state index is 12.5. The van der Waals surface area contributed by atoms with E-state index in [1.165, 1.54) is 0 Å². The van der Waals surface area contributed by atoms with E-state index in [-0.39, 0.29) is 17.9 Å². The van der Waals surface area contributed by atoms with Crippen LogP contribution in [0.1, 0.15) is 32.4 Å². The Hall–Kier alpha value is -1.40. The Morgan fingerprint density at radius 2 is 2.09 bits per heavy atom. The lowest BCUT2D eigenvalue weighted by Crippen LogP contribution is -2.45. The minimum atomic E-state index is -0.330. The Labute approximate surface area is 144 Å². The van der Waals surface area contributed by atoms with Crippen LogP contribution in [0.2, 0.25) is 0 Å². The predicted molar refractivity (Wildman–Crippen MR) is 94.2 cm³/mol. The average molecular weight is 383 g/mol. The average Bonchev–Trinajstić information content (AvgIpc) is 2.44. The molecule has 1 aromatic rings. The molecule has 2 rings (SSSR count). The number of allylic oxidation sites excluding steroid dienone is 1. The van der Waals surface area contributed by atoms with E-state index in [4.69, 9.17) is 17.0 Å². The second kappa shape index (κ2) is 7.24. The smallest absolute Gasteiger partial charge is 0.338 e. The van der Waals surface area contributed by atoms with Crippen LogP contribution in [0.5, 0.6) is 0 Å². The summed E-state index contributed by atoms with van der Waals surface area (Å²) >= 11 is 8.76. The predicted octanol–water partition coefficient (Wildman–Crippen LogP) is 3.44. The lowest BCUT2D eigenvalue weighted by atomic mass is 9.96. The molecule has 1 unspecified atom stereocenters. The lowest BCUT2D eigenvalue weighted by Gasteiger charge is -2.30. The third-order valence-electron chi connectivity index (χ3n) is 3.25. The first-order chi connectivity index (χ1) is 10.4. The quantitative estimate of drug-likeness (QED) is 0.616. The van der Waals surface area contributed by atoms with Gasteiger partial charge >= 0.3 is 5.97 Å². The van der Waals surface area contributed by atoms with Crippen LogP contribution in [0.25, 0.3) is 0 Å². The summed E-state index contributed by atoms with van der Waals surface area (Å²) in [7, 11) is 0. The fraction of sp³-hybridized carbons (Fsp3) is 0.375. The van der Waals surface area contributed by atoms with Crippen LogP contribution < -0.4 is 10.6 Å². The SMILES string of the molecule is CC1=C(C(=O)OCC(C)C)C(c2ccccc2Br)NC(=S)N1. The number of hydrogen-bond donors (Lipinski definition) is 2. The Balaban J connectivity index is 2.37. The first-order valence-electron chi connectivity index (χ1n) is 7.10. The molecule has 0 saturated heterocycles. The zero-order valence-corrected chi connectivity index (χ0v) is 15.2. The third kappa shape index (κ3) is 3.87. The molecule has 2 N–H and O–H groups in total. The number of esters is 1. The van der Waals surface area contributed by atoms with Gasteiger partial charge in [-0.2, -0.15) is 0 Å². The molecular weight excluding hydrogens is 364 g/mol. The number of ether oxygens (including phenoxy) is 1. The Kier molecular flexibility index (Phi) is 5.58. The number of nitrogens with one attached hydrogen (secondary N) is 2. The van der Waals surface area contributed by atoms with Crippen molar-refractivity contribution >= 4 is 39.2 Å². The summed E-state index contributed by atoms with van der Waals surface area (Å²) in [5.41, 5.74) is 2.22. The van der Waals surface area contributed by atoms with Gasteiger partial charge in [0.2, 0.25) is 0 Å². The molecule has 0 bridgehead atoms. The number of thiocarbonyl (C=S) groups is 1. The summed E-state index contributed by atoms with van der Waals surface area (Å²) in [5.74, 6) is -0.0354. The van der Waals surface area contributed by atoms with Gasteiger partial charge < -0.3 is 15.4 Å². The van der Waals surface area contributed by atoms with Crippen molar-refractivity contribution in [2.45, 2.75) is 26.8 Å². The molecule has 1 aliphatic heterocycles. The number of carbonyl (C=O) groups is 1. The highest BCUT2D eigenvalue weighted by atomic mass is 79.9. The van der Waals surface area contributed by atoms with Crippen LogP contribution in [-0.2, 0) is 9.53 Å². The molecule has 0 fully saturated rings. The number of rotatable bonds is 4. The van der Waals surface area contributed by atoms with E-state index in [1.807, 2.05) is 45.0 Å². The number of hydrogen-bond acceptors (Lipinski definition) is 3. The van der Waals surface area contributed by atoms with E-state index in [9.17, 15) is 4.79 Å². The highest BCUT2D eigenvalue weighted by molar-refractivity contribution is 9.10. The lowest BCUT2D eigenvalue weighted by molar-refractivity contribution is -0.140. The Morgan fingerprint density at radius 1 is 1.41 bits per heavy atom. The number of halogens is 1. The van der Waals surface area contributed by atoms with Crippen molar-refractivity contribution in [1.29, 1.82) is 0 Å². The second-order valence-electron chi connectivity index (χ2n) is 5.58. The van der Waals surface area contributed by atoms with Crippen molar-refractivity contribution in [2.24, 2.45) is 5.92 Å². The van der Waals surface area contributed by atoms with Gasteiger partial charge in [0.15, 0.2) is 5.11 Å². The number of benzene rings is 1. The molecule has 6 heteroatoms. The van der Waals surface area contributed by atoms with Crippen LogP contribution in [0.3, 0.4) is 0 Å². The van der Waals surface area contributed by atoms with Crippen molar-refractivity contribution in [3.05, 3.63) is 45.6 Å². The zero-order valence-electron chi connectivity index (χ0n) is 12.8. The first-order valence-corrected chi connectivity index (χ1v) is 8.30. The van der Waals surface area contributed by atoms with Gasteiger partial charge in [-0.25, -0.2) is 4.79 Å². The van der Waals surface area contributed by atoms with Gasteiger partial charge in [-0.1, -0.05) is 48.0 Å². The molecule has 1 atom stereocenters. The highest BCUT2D eigenvalue weighted by Crippen LogP contribution is 2.32. The topological polar surface area (TPSA) is 50.4 Å². The molecule has 0 radical (unpaired) electrons. The maximum absolute atomic E-state index is 12.5. The zero-order chi connectivity index (χ0) is 16.3. The van der Waals surface area contributed by atoms with E-state index in [2.05, 4.69) is 26.6 Å². The first kappa shape index (κ1) is 17.0. The largest absolute Gasteiger partial charge is 0.462 e. The fourth-order valence-electron chi connectivity index (χ4n) is 2.23. The monoisotopic (exact) mass is 382 g/mol. The summed E-state index contributed by atoms with van der Waals surface area (Å²) in [5, 5.41) is 6.65. The van der Waals surface area contributed by atoms with Gasteiger partial charge in [0, 0.05) is 10.2 Å². The molecule has 0 spiro atoms. The van der Waals surface area contributed by atoms with Crippen molar-refractivity contribution in [2.75, 3.05) is 6.61 Å². The van der Waals surface area contributed by atoms with Crippen LogP contribution >= 0.6 is 28.1 Å². The van der Waals surface area contributed by atoms with Gasteiger partial charge in [0.25, 0.3) is 0 Å². The van der Waals surface area contributed by atoms with Gasteiger partial charge in [-0.05, 0) is 36.7 Å². The van der Waals surface area contributed by atoms with Crippen molar-refractivity contribution in [3.8, 4) is 0 Å². The Morgan fingerprint density at radius 3 is 2.73 bits per heavy atom. The molecule has 0 aromatic heterocycles. The molecular formula is C16H19BrN2O2S. The molecule has 22 heavy (non-hydrogen) atoms. The Bertz CT molecular complexity index is 628. The summed E-state index contributed by atoms with van der Waals surface area (Å²) in [4.78, 5) is 12.5. The minimum Gasteiger partial charge on any atom is -0.462 e. The van der Waals surface area contributed by atoms with E-state index in [1.54, 1.807) is 0 Å². The van der Waals surface area contributed by atoms with Gasteiger partial charge in [0.05, 0.1) is 18.2 Å².